The predicted molar refractivity (Wildman–Crippen MR) is 120 cm³/mol. The van der Waals surface area contributed by atoms with Crippen molar-refractivity contribution < 1.29 is 0 Å². The molecule has 0 spiro atoms. The van der Waals surface area contributed by atoms with E-state index in [1.807, 2.05) is 24.4 Å². The highest BCUT2D eigenvalue weighted by Gasteiger charge is 2.22. The SMILES string of the molecule is CC(C)N1CCN(c2ncccc2CNc2nnnn2-c2cccc(Cl)c2Cl)CC1. The van der Waals surface area contributed by atoms with E-state index in [-0.39, 0.29) is 0 Å². The molecule has 0 bridgehead atoms. The number of hydrogen-bond donors (Lipinski definition) is 1. The second-order valence-corrected chi connectivity index (χ2v) is 8.23. The van der Waals surface area contributed by atoms with Crippen LogP contribution in [-0.2, 0) is 6.54 Å². The van der Waals surface area contributed by atoms with Crippen molar-refractivity contribution in [2.45, 2.75) is 26.4 Å². The van der Waals surface area contributed by atoms with Crippen LogP contribution < -0.4 is 10.2 Å². The van der Waals surface area contributed by atoms with E-state index in [9.17, 15) is 0 Å². The molecule has 1 aliphatic heterocycles. The third-order valence-corrected chi connectivity index (χ3v) is 6.09. The molecule has 10 heteroatoms. The molecule has 1 aromatic carbocycles. The number of pyridine rings is 1. The maximum absolute atomic E-state index is 6.34. The number of tetrazole rings is 1. The van der Waals surface area contributed by atoms with Gasteiger partial charge in [0, 0.05) is 50.5 Å². The second-order valence-electron chi connectivity index (χ2n) is 7.44. The molecule has 1 aliphatic rings. The van der Waals surface area contributed by atoms with Crippen LogP contribution in [0.2, 0.25) is 10.0 Å². The van der Waals surface area contributed by atoms with Gasteiger partial charge in [-0.1, -0.05) is 40.4 Å². The summed E-state index contributed by atoms with van der Waals surface area (Å²) in [7, 11) is 0. The lowest BCUT2D eigenvalue weighted by molar-refractivity contribution is 0.209. The fraction of sp³-hybridized carbons (Fsp3) is 0.400. The lowest BCUT2D eigenvalue weighted by Gasteiger charge is -2.38. The maximum Gasteiger partial charge on any atom is 0.248 e. The van der Waals surface area contributed by atoms with Crippen LogP contribution in [0.4, 0.5) is 11.8 Å². The molecule has 3 aromatic rings. The van der Waals surface area contributed by atoms with Gasteiger partial charge in [0.05, 0.1) is 15.7 Å². The minimum Gasteiger partial charge on any atom is -0.354 e. The lowest BCUT2D eigenvalue weighted by Crippen LogP contribution is -2.49. The Morgan fingerprint density at radius 3 is 2.63 bits per heavy atom. The number of nitrogens with zero attached hydrogens (tertiary/aromatic N) is 7. The molecule has 4 rings (SSSR count). The summed E-state index contributed by atoms with van der Waals surface area (Å²) in [4.78, 5) is 9.48. The Hall–Kier alpha value is -2.42. The van der Waals surface area contributed by atoms with Crippen molar-refractivity contribution in [1.29, 1.82) is 0 Å². The number of hydrogen-bond acceptors (Lipinski definition) is 7. The molecule has 158 valence electrons. The van der Waals surface area contributed by atoms with Crippen LogP contribution in [0.25, 0.3) is 5.69 Å². The van der Waals surface area contributed by atoms with Crippen molar-refractivity contribution in [3.63, 3.8) is 0 Å². The number of nitrogens with one attached hydrogen (secondary N) is 1. The maximum atomic E-state index is 6.34. The molecule has 30 heavy (non-hydrogen) atoms. The van der Waals surface area contributed by atoms with Gasteiger partial charge in [-0.2, -0.15) is 4.68 Å². The summed E-state index contributed by atoms with van der Waals surface area (Å²) in [5.74, 6) is 1.48. The van der Waals surface area contributed by atoms with Crippen LogP contribution in [0.15, 0.2) is 36.5 Å². The Balaban J connectivity index is 1.50. The predicted octanol–water partition coefficient (Wildman–Crippen LogP) is 3.51. The summed E-state index contributed by atoms with van der Waals surface area (Å²) in [6, 6.07) is 9.94. The van der Waals surface area contributed by atoms with E-state index in [1.54, 1.807) is 10.7 Å². The lowest BCUT2D eigenvalue weighted by atomic mass is 10.2. The Bertz CT molecular complexity index is 998. The fourth-order valence-electron chi connectivity index (χ4n) is 3.59. The number of rotatable bonds is 6. The van der Waals surface area contributed by atoms with Gasteiger partial charge < -0.3 is 10.2 Å². The van der Waals surface area contributed by atoms with Gasteiger partial charge in [0.1, 0.15) is 5.82 Å². The van der Waals surface area contributed by atoms with Gasteiger partial charge in [0.15, 0.2) is 0 Å². The molecule has 0 radical (unpaired) electrons. The highest BCUT2D eigenvalue weighted by atomic mass is 35.5. The smallest absolute Gasteiger partial charge is 0.248 e. The van der Waals surface area contributed by atoms with E-state index in [4.69, 9.17) is 23.2 Å². The van der Waals surface area contributed by atoms with Crippen molar-refractivity contribution in [3.05, 3.63) is 52.1 Å². The van der Waals surface area contributed by atoms with E-state index in [1.165, 1.54) is 0 Å². The Labute approximate surface area is 185 Å². The standard InChI is InChI=1S/C20H24Cl2N8/c1-14(2)28-9-11-29(12-10-28)19-15(5-4-8-23-19)13-24-20-25-26-27-30(20)17-7-3-6-16(21)18(17)22/h3-8,14H,9-13H2,1-2H3,(H,24,25,27). The number of aromatic nitrogens is 5. The molecule has 2 aromatic heterocycles. The van der Waals surface area contributed by atoms with Crippen LogP contribution in [0.5, 0.6) is 0 Å². The molecule has 8 nitrogen and oxygen atoms in total. The van der Waals surface area contributed by atoms with Crippen molar-refractivity contribution in [2.75, 3.05) is 36.4 Å². The zero-order chi connectivity index (χ0) is 21.1. The quantitative estimate of drug-likeness (QED) is 0.620. The van der Waals surface area contributed by atoms with Gasteiger partial charge in [0.25, 0.3) is 0 Å². The molecule has 0 atom stereocenters. The monoisotopic (exact) mass is 446 g/mol. The first-order valence-corrected chi connectivity index (χ1v) is 10.7. The third-order valence-electron chi connectivity index (χ3n) is 5.28. The van der Waals surface area contributed by atoms with Gasteiger partial charge in [-0.3, -0.25) is 4.90 Å². The van der Waals surface area contributed by atoms with Gasteiger partial charge in [-0.05, 0) is 42.5 Å². The number of halogens is 2. The summed E-state index contributed by atoms with van der Waals surface area (Å²) < 4.78 is 1.55. The Morgan fingerprint density at radius 1 is 1.07 bits per heavy atom. The summed E-state index contributed by atoms with van der Waals surface area (Å²) in [6.07, 6.45) is 1.84. The molecule has 3 heterocycles. The highest BCUT2D eigenvalue weighted by molar-refractivity contribution is 6.43. The van der Waals surface area contributed by atoms with Crippen molar-refractivity contribution in [3.8, 4) is 5.69 Å². The van der Waals surface area contributed by atoms with E-state index in [2.05, 4.69) is 55.5 Å². The van der Waals surface area contributed by atoms with E-state index >= 15 is 0 Å². The fourth-order valence-corrected chi connectivity index (χ4v) is 3.97. The molecule has 1 N–H and O–H groups in total. The first-order chi connectivity index (χ1) is 14.5. The van der Waals surface area contributed by atoms with E-state index in [0.29, 0.717) is 34.3 Å². The zero-order valence-electron chi connectivity index (χ0n) is 17.0. The average molecular weight is 447 g/mol. The second kappa shape index (κ2) is 9.16. The molecule has 0 saturated carbocycles. The molecular weight excluding hydrogens is 423 g/mol. The Morgan fingerprint density at radius 2 is 1.87 bits per heavy atom. The van der Waals surface area contributed by atoms with Crippen LogP contribution in [0.3, 0.4) is 0 Å². The molecule has 0 amide bonds. The van der Waals surface area contributed by atoms with Gasteiger partial charge in [-0.15, -0.1) is 0 Å². The van der Waals surface area contributed by atoms with E-state index in [0.717, 1.165) is 37.6 Å². The summed E-state index contributed by atoms with van der Waals surface area (Å²) in [5.41, 5.74) is 1.70. The van der Waals surface area contributed by atoms with Crippen molar-refractivity contribution in [1.82, 2.24) is 30.1 Å². The molecule has 0 unspecified atom stereocenters. The van der Waals surface area contributed by atoms with E-state index < -0.39 is 0 Å². The average Bonchev–Trinajstić information content (AvgIpc) is 3.23. The highest BCUT2D eigenvalue weighted by Crippen LogP contribution is 2.29. The summed E-state index contributed by atoms with van der Waals surface area (Å²) in [5, 5.41) is 16.1. The third kappa shape index (κ3) is 4.35. The Kier molecular flexibility index (Phi) is 6.36. The van der Waals surface area contributed by atoms with Crippen LogP contribution in [0.1, 0.15) is 19.4 Å². The van der Waals surface area contributed by atoms with Gasteiger partial charge >= 0.3 is 0 Å². The number of piperazine rings is 1. The van der Waals surface area contributed by atoms with Crippen LogP contribution in [-0.4, -0.2) is 62.3 Å². The summed E-state index contributed by atoms with van der Waals surface area (Å²) >= 11 is 12.5. The van der Waals surface area contributed by atoms with Gasteiger partial charge in [0.2, 0.25) is 5.95 Å². The van der Waals surface area contributed by atoms with Crippen molar-refractivity contribution in [2.24, 2.45) is 0 Å². The number of benzene rings is 1. The molecule has 1 saturated heterocycles. The molecule has 0 aliphatic carbocycles. The van der Waals surface area contributed by atoms with Crippen molar-refractivity contribution >= 4 is 35.0 Å². The first-order valence-electron chi connectivity index (χ1n) is 9.94. The summed E-state index contributed by atoms with van der Waals surface area (Å²) in [6.45, 7) is 8.99. The van der Waals surface area contributed by atoms with Crippen LogP contribution in [0, 0.1) is 0 Å². The van der Waals surface area contributed by atoms with Crippen LogP contribution >= 0.6 is 23.2 Å². The van der Waals surface area contributed by atoms with Gasteiger partial charge in [-0.25, -0.2) is 4.98 Å². The minimum atomic E-state index is 0.402. The normalized spacial score (nSPS) is 15.0. The zero-order valence-corrected chi connectivity index (χ0v) is 18.5. The molecule has 1 fully saturated rings. The first kappa shape index (κ1) is 20.8. The largest absolute Gasteiger partial charge is 0.354 e. The topological polar surface area (TPSA) is 75.0 Å². The minimum absolute atomic E-state index is 0.402. The molecular formula is C20H24Cl2N8. The number of anilines is 2.